The minimum absolute atomic E-state index is 0.123. The van der Waals surface area contributed by atoms with Gasteiger partial charge in [0.15, 0.2) is 0 Å². The molecule has 1 aromatic carbocycles. The molecule has 1 unspecified atom stereocenters. The smallest absolute Gasteiger partial charge is 0.408 e. The molecule has 0 aliphatic heterocycles. The van der Waals surface area contributed by atoms with Crippen molar-refractivity contribution in [2.75, 3.05) is 6.61 Å². The lowest BCUT2D eigenvalue weighted by Crippen LogP contribution is -2.38. The Hall–Kier alpha value is -1.84. The number of hydrogen-bond donors (Lipinski definition) is 1. The molecule has 1 fully saturated rings. The van der Waals surface area contributed by atoms with E-state index in [1.165, 1.54) is 5.82 Å². The van der Waals surface area contributed by atoms with Crippen LogP contribution in [0.15, 0.2) is 55.4 Å². The van der Waals surface area contributed by atoms with Crippen molar-refractivity contribution in [3.63, 3.8) is 0 Å². The molecular formula is C17H22NO4P. The van der Waals surface area contributed by atoms with Crippen LogP contribution in [0, 0.1) is 5.92 Å². The Morgan fingerprint density at radius 2 is 2.13 bits per heavy atom. The zero-order chi connectivity index (χ0) is 16.9. The lowest BCUT2D eigenvalue weighted by Gasteiger charge is -2.26. The summed E-state index contributed by atoms with van der Waals surface area (Å²) in [6, 6.07) is 9.35. The van der Waals surface area contributed by atoms with Crippen molar-refractivity contribution >= 4 is 13.5 Å². The normalized spacial score (nSPS) is 25.0. The van der Waals surface area contributed by atoms with Crippen molar-refractivity contribution < 1.29 is 18.6 Å². The van der Waals surface area contributed by atoms with Gasteiger partial charge in [0.25, 0.3) is 0 Å². The Kier molecular flexibility index (Phi) is 5.45. The maximum Gasteiger partial charge on any atom is 0.408 e. The third kappa shape index (κ3) is 3.57. The molecule has 1 saturated carbocycles. The molecule has 2 rings (SSSR count). The molecule has 1 aliphatic carbocycles. The van der Waals surface area contributed by atoms with Gasteiger partial charge in [-0.1, -0.05) is 43.0 Å². The minimum Gasteiger partial charge on any atom is -0.445 e. The first kappa shape index (κ1) is 17.5. The number of rotatable bonds is 8. The van der Waals surface area contributed by atoms with Crippen molar-refractivity contribution in [1.29, 1.82) is 0 Å². The standard InChI is InChI=1S/C17H22NO4P/c1-4-15-12-17(15,23(20,6-3)22-5-2)18-16(19)21-13-14-10-8-7-9-11-14/h4,6-11,15H,1,3,5,12-13H2,2H3,(H,18,19)/t15-,17+,23?/m1/s1. The van der Waals surface area contributed by atoms with Gasteiger partial charge in [-0.3, -0.25) is 4.57 Å². The number of hydrogen-bond acceptors (Lipinski definition) is 4. The van der Waals surface area contributed by atoms with E-state index in [2.05, 4.69) is 18.5 Å². The lowest BCUT2D eigenvalue weighted by molar-refractivity contribution is 0.136. The number of ether oxygens (including phenoxy) is 1. The zero-order valence-electron chi connectivity index (χ0n) is 13.2. The molecule has 0 aromatic heterocycles. The highest BCUT2D eigenvalue weighted by atomic mass is 31.2. The molecule has 1 aliphatic rings. The van der Waals surface area contributed by atoms with Gasteiger partial charge in [-0.2, -0.15) is 0 Å². The lowest BCUT2D eigenvalue weighted by atomic mass is 10.2. The number of carbonyl (C=O) groups excluding carboxylic acids is 1. The Bertz CT molecular complexity index is 631. The largest absolute Gasteiger partial charge is 0.445 e. The third-order valence-corrected chi connectivity index (χ3v) is 6.78. The second-order valence-electron chi connectivity index (χ2n) is 5.35. The summed E-state index contributed by atoms with van der Waals surface area (Å²) in [5.41, 5.74) is 0.879. The minimum atomic E-state index is -3.23. The first-order valence-electron chi connectivity index (χ1n) is 7.50. The second kappa shape index (κ2) is 7.16. The average Bonchev–Trinajstić information content (AvgIpc) is 3.29. The van der Waals surface area contributed by atoms with E-state index in [-0.39, 0.29) is 19.1 Å². The molecule has 1 N–H and O–H groups in total. The second-order valence-corrected chi connectivity index (χ2v) is 7.97. The molecule has 0 bridgehead atoms. The van der Waals surface area contributed by atoms with E-state index in [1.54, 1.807) is 13.0 Å². The van der Waals surface area contributed by atoms with E-state index in [0.717, 1.165) is 5.56 Å². The Morgan fingerprint density at radius 3 is 2.65 bits per heavy atom. The summed E-state index contributed by atoms with van der Waals surface area (Å²) in [5, 5.41) is 1.74. The van der Waals surface area contributed by atoms with E-state index < -0.39 is 18.7 Å². The molecule has 0 saturated heterocycles. The van der Waals surface area contributed by atoms with Gasteiger partial charge in [-0.25, -0.2) is 4.79 Å². The van der Waals surface area contributed by atoms with Crippen molar-refractivity contribution in [1.82, 2.24) is 5.32 Å². The Balaban J connectivity index is 2.05. The Morgan fingerprint density at radius 1 is 1.43 bits per heavy atom. The summed E-state index contributed by atoms with van der Waals surface area (Å²) >= 11 is 0. The molecule has 1 amide bonds. The van der Waals surface area contributed by atoms with E-state index in [4.69, 9.17) is 9.26 Å². The van der Waals surface area contributed by atoms with Crippen LogP contribution in [0.5, 0.6) is 0 Å². The monoisotopic (exact) mass is 335 g/mol. The summed E-state index contributed by atoms with van der Waals surface area (Å²) in [6.07, 6.45) is 1.55. The fourth-order valence-corrected chi connectivity index (χ4v) is 4.90. The van der Waals surface area contributed by atoms with Crippen LogP contribution in [0.2, 0.25) is 0 Å². The Labute approximate surface area is 136 Å². The molecule has 3 atom stereocenters. The fraction of sp³-hybridized carbons (Fsp3) is 0.353. The molecular weight excluding hydrogens is 313 g/mol. The third-order valence-electron chi connectivity index (χ3n) is 3.92. The van der Waals surface area contributed by atoms with Crippen LogP contribution in [0.4, 0.5) is 4.79 Å². The maximum absolute atomic E-state index is 13.0. The first-order valence-corrected chi connectivity index (χ1v) is 9.20. The number of benzene rings is 1. The predicted molar refractivity (Wildman–Crippen MR) is 90.2 cm³/mol. The van der Waals surface area contributed by atoms with Gasteiger partial charge in [0.1, 0.15) is 11.9 Å². The predicted octanol–water partition coefficient (Wildman–Crippen LogP) is 4.27. The van der Waals surface area contributed by atoms with Crippen LogP contribution in [0.3, 0.4) is 0 Å². The first-order chi connectivity index (χ1) is 11.0. The SMILES string of the molecule is C=C[C@@H]1C[C@]1(NC(=O)OCc1ccccc1)P(=O)(C=C)OCC. The maximum atomic E-state index is 13.0. The molecule has 6 heteroatoms. The van der Waals surface area contributed by atoms with E-state index in [0.29, 0.717) is 6.42 Å². The van der Waals surface area contributed by atoms with E-state index in [1.807, 2.05) is 30.3 Å². The van der Waals surface area contributed by atoms with Crippen LogP contribution in [-0.2, 0) is 20.4 Å². The van der Waals surface area contributed by atoms with Crippen LogP contribution < -0.4 is 5.32 Å². The fourth-order valence-electron chi connectivity index (χ4n) is 2.59. The summed E-state index contributed by atoms with van der Waals surface area (Å²) in [4.78, 5) is 12.1. The van der Waals surface area contributed by atoms with Crippen LogP contribution in [-0.4, -0.2) is 18.0 Å². The van der Waals surface area contributed by atoms with Crippen molar-refractivity contribution in [2.45, 2.75) is 25.2 Å². The van der Waals surface area contributed by atoms with Gasteiger partial charge in [-0.15, -0.1) is 6.58 Å². The average molecular weight is 335 g/mol. The topological polar surface area (TPSA) is 64.6 Å². The van der Waals surface area contributed by atoms with Crippen molar-refractivity contribution in [3.05, 3.63) is 60.9 Å². The summed E-state index contributed by atoms with van der Waals surface area (Å²) < 4.78 is 23.6. The molecule has 0 spiro atoms. The molecule has 23 heavy (non-hydrogen) atoms. The van der Waals surface area contributed by atoms with Gasteiger partial charge in [0.2, 0.25) is 7.37 Å². The van der Waals surface area contributed by atoms with Gasteiger partial charge < -0.3 is 14.6 Å². The molecule has 0 heterocycles. The highest BCUT2D eigenvalue weighted by molar-refractivity contribution is 7.64. The molecule has 0 radical (unpaired) electrons. The van der Waals surface area contributed by atoms with Crippen LogP contribution >= 0.6 is 7.37 Å². The van der Waals surface area contributed by atoms with Gasteiger partial charge >= 0.3 is 6.09 Å². The summed E-state index contributed by atoms with van der Waals surface area (Å²) in [5.74, 6) is 1.18. The quantitative estimate of drug-likeness (QED) is 0.569. The van der Waals surface area contributed by atoms with Crippen molar-refractivity contribution in [2.24, 2.45) is 5.92 Å². The highest BCUT2D eigenvalue weighted by Crippen LogP contribution is 2.72. The number of alkyl carbamates (subject to hydrolysis) is 1. The van der Waals surface area contributed by atoms with Crippen molar-refractivity contribution in [3.8, 4) is 0 Å². The van der Waals surface area contributed by atoms with Gasteiger partial charge in [0, 0.05) is 5.92 Å². The van der Waals surface area contributed by atoms with Crippen LogP contribution in [0.1, 0.15) is 18.9 Å². The molecule has 124 valence electrons. The number of amides is 1. The van der Waals surface area contributed by atoms with Crippen LogP contribution in [0.25, 0.3) is 0 Å². The number of carbonyl (C=O) groups is 1. The summed E-state index contributed by atoms with van der Waals surface area (Å²) in [6.45, 7) is 9.51. The molecule has 5 nitrogen and oxygen atoms in total. The molecule has 1 aromatic rings. The summed E-state index contributed by atoms with van der Waals surface area (Å²) in [7, 11) is -3.23. The number of nitrogens with one attached hydrogen (secondary N) is 1. The van der Waals surface area contributed by atoms with Gasteiger partial charge in [0.05, 0.1) is 6.61 Å². The highest BCUT2D eigenvalue weighted by Gasteiger charge is 2.65. The zero-order valence-corrected chi connectivity index (χ0v) is 14.1. The van der Waals surface area contributed by atoms with E-state index >= 15 is 0 Å². The van der Waals surface area contributed by atoms with E-state index in [9.17, 15) is 9.36 Å². The van der Waals surface area contributed by atoms with Gasteiger partial charge in [-0.05, 0) is 24.7 Å².